The third-order valence-electron chi connectivity index (χ3n) is 3.52. The molecule has 0 bridgehead atoms. The molecule has 106 valence electrons. The second kappa shape index (κ2) is 5.05. The number of anilines is 1. The van der Waals surface area contributed by atoms with Crippen molar-refractivity contribution < 1.29 is 9.18 Å². The molecule has 0 saturated carbocycles. The number of halogens is 1. The Balaban J connectivity index is 1.96. The molecule has 0 aliphatic heterocycles. The van der Waals surface area contributed by atoms with E-state index in [1.165, 1.54) is 12.1 Å². The van der Waals surface area contributed by atoms with Crippen LogP contribution in [-0.2, 0) is 0 Å². The molecule has 1 aromatic heterocycles. The van der Waals surface area contributed by atoms with E-state index in [9.17, 15) is 9.18 Å². The predicted octanol–water partition coefficient (Wildman–Crippen LogP) is 4.18. The standard InChI is InChI=1S/C17H15FN2O/c1-10-4-3-5-13(8-10)19-17(21)16-11(2)14-7-6-12(18)9-15(14)20-16/h3-9,20H,1-2H3,(H,19,21). The van der Waals surface area contributed by atoms with Crippen LogP contribution in [-0.4, -0.2) is 10.9 Å². The van der Waals surface area contributed by atoms with Gasteiger partial charge in [0.1, 0.15) is 11.5 Å². The van der Waals surface area contributed by atoms with Crippen molar-refractivity contribution >= 4 is 22.5 Å². The molecule has 0 fully saturated rings. The Morgan fingerprint density at radius 3 is 2.71 bits per heavy atom. The fourth-order valence-electron chi connectivity index (χ4n) is 2.45. The van der Waals surface area contributed by atoms with E-state index in [0.29, 0.717) is 11.2 Å². The molecule has 0 aliphatic rings. The van der Waals surface area contributed by atoms with Crippen molar-refractivity contribution in [2.24, 2.45) is 0 Å². The topological polar surface area (TPSA) is 44.9 Å². The third-order valence-corrected chi connectivity index (χ3v) is 3.52. The largest absolute Gasteiger partial charge is 0.350 e. The molecule has 4 heteroatoms. The molecule has 0 spiro atoms. The summed E-state index contributed by atoms with van der Waals surface area (Å²) in [5.41, 5.74) is 3.71. The summed E-state index contributed by atoms with van der Waals surface area (Å²) in [4.78, 5) is 15.4. The van der Waals surface area contributed by atoms with Gasteiger partial charge in [-0.2, -0.15) is 0 Å². The van der Waals surface area contributed by atoms with Crippen LogP contribution in [0.3, 0.4) is 0 Å². The highest BCUT2D eigenvalue weighted by Crippen LogP contribution is 2.23. The number of H-pyrrole nitrogens is 1. The van der Waals surface area contributed by atoms with Gasteiger partial charge in [-0.15, -0.1) is 0 Å². The summed E-state index contributed by atoms with van der Waals surface area (Å²) < 4.78 is 13.2. The molecular formula is C17H15FN2O. The summed E-state index contributed by atoms with van der Waals surface area (Å²) in [7, 11) is 0. The maximum absolute atomic E-state index is 13.2. The Kier molecular flexibility index (Phi) is 3.22. The van der Waals surface area contributed by atoms with E-state index < -0.39 is 0 Å². The summed E-state index contributed by atoms with van der Waals surface area (Å²) in [6.45, 7) is 3.81. The lowest BCUT2D eigenvalue weighted by molar-refractivity contribution is 0.102. The number of aryl methyl sites for hydroxylation is 2. The number of aromatic nitrogens is 1. The van der Waals surface area contributed by atoms with E-state index in [1.807, 2.05) is 38.1 Å². The minimum atomic E-state index is -0.325. The second-order valence-corrected chi connectivity index (χ2v) is 5.14. The van der Waals surface area contributed by atoms with E-state index in [4.69, 9.17) is 0 Å². The summed E-state index contributed by atoms with van der Waals surface area (Å²) in [5, 5.41) is 3.70. The Labute approximate surface area is 121 Å². The number of nitrogens with one attached hydrogen (secondary N) is 2. The smallest absolute Gasteiger partial charge is 0.272 e. The monoisotopic (exact) mass is 282 g/mol. The fourth-order valence-corrected chi connectivity index (χ4v) is 2.45. The van der Waals surface area contributed by atoms with Crippen LogP contribution in [0.25, 0.3) is 10.9 Å². The van der Waals surface area contributed by atoms with Gasteiger partial charge in [0.15, 0.2) is 0 Å². The van der Waals surface area contributed by atoms with Crippen LogP contribution in [0.5, 0.6) is 0 Å². The molecular weight excluding hydrogens is 267 g/mol. The molecule has 2 aromatic carbocycles. The highest BCUT2D eigenvalue weighted by atomic mass is 19.1. The first-order valence-corrected chi connectivity index (χ1v) is 6.70. The summed E-state index contributed by atoms with van der Waals surface area (Å²) >= 11 is 0. The number of carbonyl (C=O) groups excluding carboxylic acids is 1. The third kappa shape index (κ3) is 2.52. The van der Waals surface area contributed by atoms with Crippen LogP contribution in [0.1, 0.15) is 21.6 Å². The minimum Gasteiger partial charge on any atom is -0.350 e. The quantitative estimate of drug-likeness (QED) is 0.727. The van der Waals surface area contributed by atoms with Gasteiger partial charge >= 0.3 is 0 Å². The SMILES string of the molecule is Cc1cccc(NC(=O)c2[nH]c3cc(F)ccc3c2C)c1. The van der Waals surface area contributed by atoms with Gasteiger partial charge in [-0.1, -0.05) is 12.1 Å². The first-order chi connectivity index (χ1) is 10.0. The maximum Gasteiger partial charge on any atom is 0.272 e. The van der Waals surface area contributed by atoms with Crippen LogP contribution >= 0.6 is 0 Å². The summed E-state index contributed by atoms with van der Waals surface area (Å²) in [6.07, 6.45) is 0. The highest BCUT2D eigenvalue weighted by molar-refractivity contribution is 6.07. The lowest BCUT2D eigenvalue weighted by atomic mass is 10.1. The molecule has 2 N–H and O–H groups in total. The Morgan fingerprint density at radius 1 is 1.14 bits per heavy atom. The van der Waals surface area contributed by atoms with Crippen molar-refractivity contribution in [1.29, 1.82) is 0 Å². The van der Waals surface area contributed by atoms with Crippen LogP contribution in [0.4, 0.5) is 10.1 Å². The van der Waals surface area contributed by atoms with Crippen molar-refractivity contribution in [2.75, 3.05) is 5.32 Å². The van der Waals surface area contributed by atoms with E-state index in [1.54, 1.807) is 6.07 Å². The number of hydrogen-bond acceptors (Lipinski definition) is 1. The number of carbonyl (C=O) groups is 1. The van der Waals surface area contributed by atoms with Gasteiger partial charge in [-0.25, -0.2) is 4.39 Å². The number of aromatic amines is 1. The van der Waals surface area contributed by atoms with E-state index in [2.05, 4.69) is 10.3 Å². The van der Waals surface area contributed by atoms with Gasteiger partial charge in [-0.3, -0.25) is 4.79 Å². The van der Waals surface area contributed by atoms with Gasteiger partial charge in [0.2, 0.25) is 0 Å². The summed E-state index contributed by atoms with van der Waals surface area (Å²) in [5.74, 6) is -0.552. The van der Waals surface area contributed by atoms with Gasteiger partial charge in [0.25, 0.3) is 5.91 Å². The first-order valence-electron chi connectivity index (χ1n) is 6.70. The van der Waals surface area contributed by atoms with E-state index in [0.717, 1.165) is 22.2 Å². The zero-order valence-electron chi connectivity index (χ0n) is 11.8. The molecule has 0 unspecified atom stereocenters. The van der Waals surface area contributed by atoms with E-state index in [-0.39, 0.29) is 11.7 Å². The van der Waals surface area contributed by atoms with Gasteiger partial charge in [0.05, 0.1) is 0 Å². The molecule has 21 heavy (non-hydrogen) atoms. The molecule has 1 amide bonds. The molecule has 3 aromatic rings. The van der Waals surface area contributed by atoms with Crippen LogP contribution < -0.4 is 5.32 Å². The number of hydrogen-bond donors (Lipinski definition) is 2. The lowest BCUT2D eigenvalue weighted by Gasteiger charge is -2.05. The average molecular weight is 282 g/mol. The molecule has 0 saturated heterocycles. The highest BCUT2D eigenvalue weighted by Gasteiger charge is 2.15. The molecule has 1 heterocycles. The van der Waals surface area contributed by atoms with Crippen molar-refractivity contribution in [3.8, 4) is 0 Å². The van der Waals surface area contributed by atoms with Crippen molar-refractivity contribution in [3.63, 3.8) is 0 Å². The normalized spacial score (nSPS) is 10.8. The van der Waals surface area contributed by atoms with Crippen molar-refractivity contribution in [3.05, 3.63) is 65.1 Å². The Bertz CT molecular complexity index is 836. The molecule has 0 radical (unpaired) electrons. The average Bonchev–Trinajstić information content (AvgIpc) is 2.75. The van der Waals surface area contributed by atoms with Gasteiger partial charge in [-0.05, 0) is 55.3 Å². The predicted molar refractivity (Wildman–Crippen MR) is 82.1 cm³/mol. The van der Waals surface area contributed by atoms with Crippen molar-refractivity contribution in [1.82, 2.24) is 4.98 Å². The fraction of sp³-hybridized carbons (Fsp3) is 0.118. The minimum absolute atomic E-state index is 0.227. The number of fused-ring (bicyclic) bond motifs is 1. The Morgan fingerprint density at radius 2 is 1.95 bits per heavy atom. The van der Waals surface area contributed by atoms with Crippen molar-refractivity contribution in [2.45, 2.75) is 13.8 Å². The van der Waals surface area contributed by atoms with Gasteiger partial charge < -0.3 is 10.3 Å². The molecule has 3 rings (SSSR count). The zero-order valence-corrected chi connectivity index (χ0v) is 11.8. The molecule has 3 nitrogen and oxygen atoms in total. The zero-order chi connectivity index (χ0) is 15.0. The molecule has 0 atom stereocenters. The number of rotatable bonds is 2. The van der Waals surface area contributed by atoms with Crippen LogP contribution in [0.15, 0.2) is 42.5 Å². The lowest BCUT2D eigenvalue weighted by Crippen LogP contribution is -2.13. The molecule has 0 aliphatic carbocycles. The van der Waals surface area contributed by atoms with Crippen LogP contribution in [0, 0.1) is 19.7 Å². The first kappa shape index (κ1) is 13.4. The van der Waals surface area contributed by atoms with Gasteiger partial charge in [0, 0.05) is 16.6 Å². The van der Waals surface area contributed by atoms with E-state index >= 15 is 0 Å². The number of benzene rings is 2. The summed E-state index contributed by atoms with van der Waals surface area (Å²) in [6, 6.07) is 12.1. The second-order valence-electron chi connectivity index (χ2n) is 5.14. The maximum atomic E-state index is 13.2. The number of amides is 1. The van der Waals surface area contributed by atoms with Crippen LogP contribution in [0.2, 0.25) is 0 Å². The Hall–Kier alpha value is -2.62.